The molecule has 2 aromatic heterocycles. The lowest BCUT2D eigenvalue weighted by Crippen LogP contribution is -2.14. The minimum absolute atomic E-state index is 0.154. The summed E-state index contributed by atoms with van der Waals surface area (Å²) in [5.41, 5.74) is 3.71. The van der Waals surface area contributed by atoms with Crippen molar-refractivity contribution in [2.75, 3.05) is 12.1 Å². The Balaban J connectivity index is 1.38. The Morgan fingerprint density at radius 1 is 1.07 bits per heavy atom. The molecule has 1 amide bonds. The first-order valence-electron chi connectivity index (χ1n) is 8.83. The zero-order chi connectivity index (χ0) is 18.9. The highest BCUT2D eigenvalue weighted by atomic mass is 16.7. The van der Waals surface area contributed by atoms with Gasteiger partial charge < -0.3 is 14.8 Å². The summed E-state index contributed by atoms with van der Waals surface area (Å²) in [5.74, 6) is 1.72. The molecule has 0 unspecified atom stereocenters. The van der Waals surface area contributed by atoms with Gasteiger partial charge in [0.25, 0.3) is 0 Å². The molecule has 138 valence electrons. The normalized spacial score (nSPS) is 12.3. The minimum Gasteiger partial charge on any atom is -0.454 e. The summed E-state index contributed by atoms with van der Waals surface area (Å²) >= 11 is 0. The second kappa shape index (κ2) is 6.70. The van der Waals surface area contributed by atoms with E-state index in [1.807, 2.05) is 48.5 Å². The lowest BCUT2D eigenvalue weighted by molar-refractivity contribution is -0.115. The summed E-state index contributed by atoms with van der Waals surface area (Å²) in [6, 6.07) is 15.3. The molecule has 0 spiro atoms. The van der Waals surface area contributed by atoms with Crippen LogP contribution in [0, 0.1) is 0 Å². The third-order valence-electron chi connectivity index (χ3n) is 4.62. The lowest BCUT2D eigenvalue weighted by atomic mass is 10.1. The highest BCUT2D eigenvalue weighted by molar-refractivity contribution is 6.01. The Morgan fingerprint density at radius 3 is 2.89 bits per heavy atom. The number of pyridine rings is 1. The van der Waals surface area contributed by atoms with Crippen molar-refractivity contribution in [1.29, 1.82) is 0 Å². The Labute approximate surface area is 160 Å². The number of aromatic amines is 1. The fourth-order valence-corrected chi connectivity index (χ4v) is 3.23. The molecule has 0 bridgehead atoms. The molecular weight excluding hydrogens is 356 g/mol. The number of carbonyl (C=O) groups is 1. The lowest BCUT2D eigenvalue weighted by Gasteiger charge is -2.05. The number of ether oxygens (including phenoxy) is 2. The van der Waals surface area contributed by atoms with E-state index in [0.29, 0.717) is 17.3 Å². The molecule has 4 aromatic rings. The van der Waals surface area contributed by atoms with E-state index in [9.17, 15) is 4.79 Å². The molecule has 0 radical (unpaired) electrons. The van der Waals surface area contributed by atoms with Crippen LogP contribution in [0.3, 0.4) is 0 Å². The summed E-state index contributed by atoms with van der Waals surface area (Å²) in [4.78, 5) is 16.7. The summed E-state index contributed by atoms with van der Waals surface area (Å²) in [7, 11) is 0. The monoisotopic (exact) mass is 372 g/mol. The number of aromatic nitrogens is 3. The van der Waals surface area contributed by atoms with Gasteiger partial charge in [-0.25, -0.2) is 0 Å². The zero-order valence-corrected chi connectivity index (χ0v) is 14.8. The minimum atomic E-state index is -0.154. The average molecular weight is 372 g/mol. The third-order valence-corrected chi connectivity index (χ3v) is 4.62. The van der Waals surface area contributed by atoms with Gasteiger partial charge in [0.2, 0.25) is 12.7 Å². The van der Waals surface area contributed by atoms with E-state index < -0.39 is 0 Å². The van der Waals surface area contributed by atoms with Crippen LogP contribution in [-0.4, -0.2) is 27.9 Å². The average Bonchev–Trinajstić information content (AvgIpc) is 3.35. The fraction of sp³-hybridized carbons (Fsp3) is 0.0952. The molecular formula is C21H16N4O3. The van der Waals surface area contributed by atoms with E-state index in [4.69, 9.17) is 9.47 Å². The van der Waals surface area contributed by atoms with Crippen molar-refractivity contribution in [2.45, 2.75) is 6.42 Å². The van der Waals surface area contributed by atoms with Gasteiger partial charge in [-0.2, -0.15) is 5.10 Å². The van der Waals surface area contributed by atoms with E-state index in [1.54, 1.807) is 12.4 Å². The quantitative estimate of drug-likeness (QED) is 0.572. The molecule has 7 heteroatoms. The van der Waals surface area contributed by atoms with Gasteiger partial charge in [-0.05, 0) is 41.5 Å². The number of amides is 1. The van der Waals surface area contributed by atoms with Crippen LogP contribution >= 0.6 is 0 Å². The van der Waals surface area contributed by atoms with Crippen molar-refractivity contribution in [3.8, 4) is 22.6 Å². The van der Waals surface area contributed by atoms with E-state index >= 15 is 0 Å². The van der Waals surface area contributed by atoms with Crippen molar-refractivity contribution in [1.82, 2.24) is 15.2 Å². The summed E-state index contributed by atoms with van der Waals surface area (Å²) in [5, 5.41) is 10.9. The first kappa shape index (κ1) is 16.3. The number of hydrogen-bond donors (Lipinski definition) is 2. The molecule has 3 heterocycles. The van der Waals surface area contributed by atoms with E-state index in [0.717, 1.165) is 27.6 Å². The Hall–Kier alpha value is -3.87. The summed E-state index contributed by atoms with van der Waals surface area (Å²) < 4.78 is 10.7. The number of rotatable bonds is 4. The Bertz CT molecular complexity index is 1170. The zero-order valence-electron chi connectivity index (χ0n) is 14.8. The van der Waals surface area contributed by atoms with Crippen LogP contribution in [0.2, 0.25) is 0 Å². The number of anilines is 1. The number of carbonyl (C=O) groups excluding carboxylic acids is 1. The van der Waals surface area contributed by atoms with Crippen molar-refractivity contribution < 1.29 is 14.3 Å². The number of fused-ring (bicyclic) bond motifs is 2. The van der Waals surface area contributed by atoms with Gasteiger partial charge in [0, 0.05) is 23.3 Å². The molecule has 0 atom stereocenters. The molecule has 0 saturated carbocycles. The highest BCUT2D eigenvalue weighted by Crippen LogP contribution is 2.33. The number of nitrogens with one attached hydrogen (secondary N) is 2. The van der Waals surface area contributed by atoms with E-state index in [-0.39, 0.29) is 19.1 Å². The van der Waals surface area contributed by atoms with Gasteiger partial charge in [0.05, 0.1) is 11.9 Å². The first-order valence-corrected chi connectivity index (χ1v) is 8.83. The van der Waals surface area contributed by atoms with Gasteiger partial charge in [-0.15, -0.1) is 0 Å². The molecule has 2 N–H and O–H groups in total. The summed E-state index contributed by atoms with van der Waals surface area (Å²) in [6.07, 6.45) is 3.76. The van der Waals surface area contributed by atoms with Crippen molar-refractivity contribution >= 4 is 22.6 Å². The highest BCUT2D eigenvalue weighted by Gasteiger charge is 2.16. The predicted octanol–water partition coefficient (Wildman–Crippen LogP) is 3.53. The third kappa shape index (κ3) is 3.03. The predicted molar refractivity (Wildman–Crippen MR) is 104 cm³/mol. The van der Waals surface area contributed by atoms with Gasteiger partial charge in [0.1, 0.15) is 0 Å². The van der Waals surface area contributed by atoms with Crippen LogP contribution in [0.5, 0.6) is 11.5 Å². The number of H-pyrrole nitrogens is 1. The largest absolute Gasteiger partial charge is 0.454 e. The van der Waals surface area contributed by atoms with Crippen LogP contribution < -0.4 is 14.8 Å². The smallest absolute Gasteiger partial charge is 0.231 e. The molecule has 5 rings (SSSR count). The molecule has 2 aromatic carbocycles. The SMILES string of the molecule is O=C(Cc1ccc2c(c1)OCO2)Nc1n[nH]c2ccc(-c3cccnc3)cc12. The second-order valence-electron chi connectivity index (χ2n) is 6.49. The van der Waals surface area contributed by atoms with Crippen LogP contribution in [0.25, 0.3) is 22.0 Å². The topological polar surface area (TPSA) is 89.1 Å². The molecule has 1 aliphatic rings. The Kier molecular flexibility index (Phi) is 3.90. The molecule has 0 fully saturated rings. The maximum atomic E-state index is 12.5. The van der Waals surface area contributed by atoms with Gasteiger partial charge in [-0.3, -0.25) is 14.9 Å². The van der Waals surface area contributed by atoms with Crippen LogP contribution in [0.15, 0.2) is 60.9 Å². The van der Waals surface area contributed by atoms with Gasteiger partial charge in [-0.1, -0.05) is 18.2 Å². The maximum Gasteiger partial charge on any atom is 0.231 e. The van der Waals surface area contributed by atoms with Crippen molar-refractivity contribution in [3.05, 3.63) is 66.5 Å². The number of nitrogens with zero attached hydrogens (tertiary/aromatic N) is 2. The van der Waals surface area contributed by atoms with Crippen LogP contribution in [0.1, 0.15) is 5.56 Å². The molecule has 28 heavy (non-hydrogen) atoms. The van der Waals surface area contributed by atoms with Crippen LogP contribution in [0.4, 0.5) is 5.82 Å². The number of hydrogen-bond acceptors (Lipinski definition) is 5. The van der Waals surface area contributed by atoms with E-state index in [2.05, 4.69) is 20.5 Å². The van der Waals surface area contributed by atoms with Crippen molar-refractivity contribution in [3.63, 3.8) is 0 Å². The van der Waals surface area contributed by atoms with Gasteiger partial charge in [0.15, 0.2) is 17.3 Å². The molecule has 7 nitrogen and oxygen atoms in total. The molecule has 0 saturated heterocycles. The van der Waals surface area contributed by atoms with E-state index in [1.165, 1.54) is 0 Å². The molecule has 0 aliphatic carbocycles. The second-order valence-corrected chi connectivity index (χ2v) is 6.49. The fourth-order valence-electron chi connectivity index (χ4n) is 3.23. The van der Waals surface area contributed by atoms with Crippen LogP contribution in [-0.2, 0) is 11.2 Å². The maximum absolute atomic E-state index is 12.5. The molecule has 1 aliphatic heterocycles. The van der Waals surface area contributed by atoms with Gasteiger partial charge >= 0.3 is 0 Å². The summed E-state index contributed by atoms with van der Waals surface area (Å²) in [6.45, 7) is 0.212. The Morgan fingerprint density at radius 2 is 2.00 bits per heavy atom. The van der Waals surface area contributed by atoms with Crippen molar-refractivity contribution in [2.24, 2.45) is 0 Å². The standard InChI is InChI=1S/C21H16N4O3/c26-20(9-13-3-6-18-19(8-13)28-12-27-18)23-21-16-10-14(4-5-17(16)24-25-21)15-2-1-7-22-11-15/h1-8,10-11H,9,12H2,(H2,23,24,25,26). The first-order chi connectivity index (χ1) is 13.8. The number of benzene rings is 2.